The summed E-state index contributed by atoms with van der Waals surface area (Å²) < 4.78 is 21.8. The van der Waals surface area contributed by atoms with E-state index < -0.39 is 9.05 Å². The van der Waals surface area contributed by atoms with Gasteiger partial charge >= 0.3 is 0 Å². The molecule has 1 aromatic rings. The quantitative estimate of drug-likeness (QED) is 0.749. The van der Waals surface area contributed by atoms with Crippen molar-refractivity contribution in [3.63, 3.8) is 0 Å². The number of nitrogens with zero attached hydrogens (tertiary/aromatic N) is 1. The lowest BCUT2D eigenvalue weighted by Gasteiger charge is -2.01. The summed E-state index contributed by atoms with van der Waals surface area (Å²) in [4.78, 5) is 0.0687. The van der Waals surface area contributed by atoms with Gasteiger partial charge in [-0.05, 0) is 5.92 Å². The van der Waals surface area contributed by atoms with E-state index in [-0.39, 0.29) is 10.8 Å². The molecule has 0 amide bonds. The molecule has 0 bridgehead atoms. The van der Waals surface area contributed by atoms with Gasteiger partial charge in [0.1, 0.15) is 4.90 Å². The summed E-state index contributed by atoms with van der Waals surface area (Å²) in [7, 11) is 1.50. The standard InChI is InChI=1S/C6H9ClN2O2S/c1-4(2)6-5(3-8-9-6)12(7,10)11/h3-4H,1-2H3,(H,8,9). The minimum Gasteiger partial charge on any atom is -0.281 e. The van der Waals surface area contributed by atoms with Crippen molar-refractivity contribution in [2.24, 2.45) is 0 Å². The smallest absolute Gasteiger partial charge is 0.264 e. The lowest BCUT2D eigenvalue weighted by molar-refractivity contribution is 0.607. The van der Waals surface area contributed by atoms with Crippen LogP contribution in [0.1, 0.15) is 25.5 Å². The van der Waals surface area contributed by atoms with Crippen LogP contribution >= 0.6 is 10.7 Å². The lowest BCUT2D eigenvalue weighted by Crippen LogP contribution is -1.97. The highest BCUT2D eigenvalue weighted by molar-refractivity contribution is 8.13. The molecular formula is C6H9ClN2O2S. The summed E-state index contributed by atoms with van der Waals surface area (Å²) in [5.41, 5.74) is 0.546. The van der Waals surface area contributed by atoms with Crippen LogP contribution in [0.25, 0.3) is 0 Å². The van der Waals surface area contributed by atoms with Crippen LogP contribution in [0, 0.1) is 0 Å². The number of rotatable bonds is 2. The van der Waals surface area contributed by atoms with Gasteiger partial charge in [0, 0.05) is 10.7 Å². The van der Waals surface area contributed by atoms with Crippen molar-refractivity contribution in [1.29, 1.82) is 0 Å². The average Bonchev–Trinajstić information content (AvgIpc) is 2.30. The van der Waals surface area contributed by atoms with Gasteiger partial charge in [-0.2, -0.15) is 5.10 Å². The Labute approximate surface area is 75.4 Å². The van der Waals surface area contributed by atoms with Crippen LogP contribution in [0.2, 0.25) is 0 Å². The maximum atomic E-state index is 10.9. The predicted molar refractivity (Wildman–Crippen MR) is 45.7 cm³/mol. The van der Waals surface area contributed by atoms with E-state index in [0.717, 1.165) is 0 Å². The van der Waals surface area contributed by atoms with E-state index in [2.05, 4.69) is 10.2 Å². The molecule has 12 heavy (non-hydrogen) atoms. The zero-order chi connectivity index (χ0) is 9.35. The molecule has 0 radical (unpaired) electrons. The van der Waals surface area contributed by atoms with Crippen molar-refractivity contribution in [3.05, 3.63) is 11.9 Å². The first kappa shape index (κ1) is 9.54. The van der Waals surface area contributed by atoms with Crippen molar-refractivity contribution >= 4 is 19.7 Å². The molecule has 0 aliphatic heterocycles. The van der Waals surface area contributed by atoms with Gasteiger partial charge in [0.2, 0.25) is 0 Å². The molecule has 1 N–H and O–H groups in total. The number of hydrogen-bond donors (Lipinski definition) is 1. The van der Waals surface area contributed by atoms with Crippen molar-refractivity contribution in [3.8, 4) is 0 Å². The number of halogens is 1. The molecule has 1 heterocycles. The minimum atomic E-state index is -3.66. The summed E-state index contributed by atoms with van der Waals surface area (Å²) in [6, 6.07) is 0. The van der Waals surface area contributed by atoms with Gasteiger partial charge in [0.15, 0.2) is 0 Å². The topological polar surface area (TPSA) is 62.8 Å². The van der Waals surface area contributed by atoms with Gasteiger partial charge in [-0.25, -0.2) is 8.42 Å². The number of aromatic nitrogens is 2. The first-order chi connectivity index (χ1) is 5.43. The number of hydrogen-bond acceptors (Lipinski definition) is 3. The second-order valence-corrected chi connectivity index (χ2v) is 5.27. The van der Waals surface area contributed by atoms with Gasteiger partial charge in [0.05, 0.1) is 11.9 Å². The van der Waals surface area contributed by atoms with Crippen LogP contribution in [0.15, 0.2) is 11.1 Å². The highest BCUT2D eigenvalue weighted by atomic mass is 35.7. The molecule has 68 valence electrons. The third kappa shape index (κ3) is 1.78. The fourth-order valence-corrected chi connectivity index (χ4v) is 1.98. The Balaban J connectivity index is 3.26. The summed E-state index contributed by atoms with van der Waals surface area (Å²) in [6.45, 7) is 3.72. The van der Waals surface area contributed by atoms with E-state index >= 15 is 0 Å². The predicted octanol–water partition coefficient (Wildman–Crippen LogP) is 1.46. The van der Waals surface area contributed by atoms with Crippen molar-refractivity contribution in [2.45, 2.75) is 24.7 Å². The minimum absolute atomic E-state index is 0.0658. The molecule has 0 unspecified atom stereocenters. The number of aromatic amines is 1. The van der Waals surface area contributed by atoms with E-state index in [0.29, 0.717) is 5.69 Å². The SMILES string of the molecule is CC(C)c1[nH]ncc1S(=O)(=O)Cl. The molecule has 0 aliphatic rings. The van der Waals surface area contributed by atoms with Crippen molar-refractivity contribution < 1.29 is 8.42 Å². The maximum absolute atomic E-state index is 10.9. The first-order valence-corrected chi connectivity index (χ1v) is 5.71. The third-order valence-electron chi connectivity index (χ3n) is 1.47. The molecule has 0 atom stereocenters. The van der Waals surface area contributed by atoms with E-state index in [4.69, 9.17) is 10.7 Å². The Kier molecular flexibility index (Phi) is 2.44. The Morgan fingerprint density at radius 2 is 2.17 bits per heavy atom. The molecule has 0 spiro atoms. The molecule has 0 aliphatic carbocycles. The molecule has 0 fully saturated rings. The second kappa shape index (κ2) is 3.06. The Morgan fingerprint density at radius 3 is 2.50 bits per heavy atom. The van der Waals surface area contributed by atoms with Gasteiger partial charge in [0.25, 0.3) is 9.05 Å². The van der Waals surface area contributed by atoms with E-state index in [9.17, 15) is 8.42 Å². The number of H-pyrrole nitrogens is 1. The zero-order valence-corrected chi connectivity index (χ0v) is 8.28. The second-order valence-electron chi connectivity index (χ2n) is 2.74. The monoisotopic (exact) mass is 208 g/mol. The Hall–Kier alpha value is -0.550. The van der Waals surface area contributed by atoms with Crippen molar-refractivity contribution in [1.82, 2.24) is 10.2 Å². The number of nitrogens with one attached hydrogen (secondary N) is 1. The average molecular weight is 209 g/mol. The lowest BCUT2D eigenvalue weighted by atomic mass is 10.1. The van der Waals surface area contributed by atoms with Crippen LogP contribution in [0.4, 0.5) is 0 Å². The summed E-state index contributed by atoms with van der Waals surface area (Å²) >= 11 is 0. The van der Waals surface area contributed by atoms with Crippen LogP contribution in [-0.2, 0) is 9.05 Å². The van der Waals surface area contributed by atoms with Crippen molar-refractivity contribution in [2.75, 3.05) is 0 Å². The summed E-state index contributed by atoms with van der Waals surface area (Å²) in [5.74, 6) is 0.0658. The zero-order valence-electron chi connectivity index (χ0n) is 6.70. The fourth-order valence-electron chi connectivity index (χ4n) is 0.893. The molecule has 0 saturated heterocycles. The van der Waals surface area contributed by atoms with Gasteiger partial charge in [-0.3, -0.25) is 5.10 Å². The molecule has 6 heteroatoms. The molecular weight excluding hydrogens is 200 g/mol. The molecule has 1 rings (SSSR count). The fraction of sp³-hybridized carbons (Fsp3) is 0.500. The largest absolute Gasteiger partial charge is 0.281 e. The molecule has 4 nitrogen and oxygen atoms in total. The Morgan fingerprint density at radius 1 is 1.58 bits per heavy atom. The summed E-state index contributed by atoms with van der Waals surface area (Å²) in [6.07, 6.45) is 1.22. The van der Waals surface area contributed by atoms with Crippen LogP contribution in [0.3, 0.4) is 0 Å². The van der Waals surface area contributed by atoms with E-state index in [1.807, 2.05) is 13.8 Å². The van der Waals surface area contributed by atoms with Gasteiger partial charge in [-0.15, -0.1) is 0 Å². The summed E-state index contributed by atoms with van der Waals surface area (Å²) in [5, 5.41) is 6.22. The van der Waals surface area contributed by atoms with Crippen LogP contribution < -0.4 is 0 Å². The molecule has 1 aromatic heterocycles. The van der Waals surface area contributed by atoms with Crippen LogP contribution in [0.5, 0.6) is 0 Å². The third-order valence-corrected chi connectivity index (χ3v) is 2.82. The molecule has 0 saturated carbocycles. The first-order valence-electron chi connectivity index (χ1n) is 3.41. The van der Waals surface area contributed by atoms with Gasteiger partial charge in [-0.1, -0.05) is 13.8 Å². The molecule has 0 aromatic carbocycles. The van der Waals surface area contributed by atoms with Crippen LogP contribution in [-0.4, -0.2) is 18.6 Å². The maximum Gasteiger partial charge on any atom is 0.264 e. The Bertz CT molecular complexity index is 369. The highest BCUT2D eigenvalue weighted by Gasteiger charge is 2.19. The van der Waals surface area contributed by atoms with E-state index in [1.54, 1.807) is 0 Å². The highest BCUT2D eigenvalue weighted by Crippen LogP contribution is 2.23. The van der Waals surface area contributed by atoms with E-state index in [1.165, 1.54) is 6.20 Å². The normalized spacial score (nSPS) is 12.3. The van der Waals surface area contributed by atoms with Gasteiger partial charge < -0.3 is 0 Å².